The fraction of sp³-hybridized carbons (Fsp3) is 0.500. The summed E-state index contributed by atoms with van der Waals surface area (Å²) in [5.74, 6) is -3.47. The van der Waals surface area contributed by atoms with Gasteiger partial charge in [0.1, 0.15) is 5.92 Å². The Kier molecular flexibility index (Phi) is 4.76. The molecule has 0 fully saturated rings. The van der Waals surface area contributed by atoms with Crippen LogP contribution in [0.1, 0.15) is 6.92 Å². The number of hydrogen-bond acceptors (Lipinski definition) is 4. The number of aliphatic hydroxyl groups is 1. The van der Waals surface area contributed by atoms with E-state index < -0.39 is 24.0 Å². The minimum absolute atomic E-state index is 0.134. The summed E-state index contributed by atoms with van der Waals surface area (Å²) >= 11 is 0. The van der Waals surface area contributed by atoms with Gasteiger partial charge in [-0.1, -0.05) is 6.08 Å². The number of carbonyl (C=O) groups excluding carboxylic acids is 1. The number of ether oxygens (including phenoxy) is 1. The summed E-state index contributed by atoms with van der Waals surface area (Å²) in [5.41, 5.74) is 0. The van der Waals surface area contributed by atoms with Gasteiger partial charge in [0.15, 0.2) is 6.10 Å². The summed E-state index contributed by atoms with van der Waals surface area (Å²) in [6, 6.07) is 0. The van der Waals surface area contributed by atoms with E-state index in [1.807, 2.05) is 0 Å². The van der Waals surface area contributed by atoms with Crippen molar-refractivity contribution in [2.45, 2.75) is 13.0 Å². The molecule has 0 aromatic carbocycles. The number of rotatable bonds is 5. The Morgan fingerprint density at radius 2 is 2.15 bits per heavy atom. The number of hydrogen-bond donors (Lipinski definition) is 2. The molecule has 0 aliphatic rings. The average Bonchev–Trinajstić information content (AvgIpc) is 2.05. The Morgan fingerprint density at radius 1 is 1.62 bits per heavy atom. The van der Waals surface area contributed by atoms with Gasteiger partial charge in [-0.15, -0.1) is 6.58 Å². The topological polar surface area (TPSA) is 83.8 Å². The van der Waals surface area contributed by atoms with Crippen LogP contribution >= 0.6 is 0 Å². The van der Waals surface area contributed by atoms with E-state index in [9.17, 15) is 9.59 Å². The van der Waals surface area contributed by atoms with Crippen molar-refractivity contribution in [3.8, 4) is 0 Å². The molecule has 0 aromatic heterocycles. The molecule has 5 nitrogen and oxygen atoms in total. The lowest BCUT2D eigenvalue weighted by atomic mass is 10.0. The smallest absolute Gasteiger partial charge is 0.333 e. The Hall–Kier alpha value is -1.36. The molecule has 0 radical (unpaired) electrons. The van der Waals surface area contributed by atoms with Crippen molar-refractivity contribution in [2.75, 3.05) is 6.61 Å². The SMILES string of the molecule is C=C[C@@H](C(=O)OCC)[C@H](O)C(=O)O. The Balaban J connectivity index is 4.40. The van der Waals surface area contributed by atoms with Crippen LogP contribution in [0.2, 0.25) is 0 Å². The van der Waals surface area contributed by atoms with Crippen LogP contribution in [0.4, 0.5) is 0 Å². The maximum Gasteiger partial charge on any atom is 0.333 e. The highest BCUT2D eigenvalue weighted by Crippen LogP contribution is 2.08. The minimum Gasteiger partial charge on any atom is -0.479 e. The van der Waals surface area contributed by atoms with Crippen LogP contribution in [0.5, 0.6) is 0 Å². The van der Waals surface area contributed by atoms with E-state index in [-0.39, 0.29) is 6.61 Å². The third-order valence-electron chi connectivity index (χ3n) is 1.41. The molecule has 0 unspecified atom stereocenters. The number of carboxylic acid groups (broad SMARTS) is 1. The van der Waals surface area contributed by atoms with Gasteiger partial charge in [0.2, 0.25) is 0 Å². The molecule has 0 saturated carbocycles. The third kappa shape index (κ3) is 3.25. The maximum absolute atomic E-state index is 11.0. The van der Waals surface area contributed by atoms with Crippen molar-refractivity contribution in [1.82, 2.24) is 0 Å². The van der Waals surface area contributed by atoms with Crippen LogP contribution in [0.15, 0.2) is 12.7 Å². The standard InChI is InChI=1S/C8H12O5/c1-3-5(6(9)7(10)11)8(12)13-4-2/h3,5-6,9H,1,4H2,2H3,(H,10,11)/t5-,6+/m1/s1. The highest BCUT2D eigenvalue weighted by atomic mass is 16.5. The van der Waals surface area contributed by atoms with Crippen molar-refractivity contribution in [1.29, 1.82) is 0 Å². The van der Waals surface area contributed by atoms with E-state index in [1.54, 1.807) is 6.92 Å². The largest absolute Gasteiger partial charge is 0.479 e. The molecule has 0 amide bonds. The Labute approximate surface area is 75.6 Å². The summed E-state index contributed by atoms with van der Waals surface area (Å²) in [6.07, 6.45) is -0.743. The lowest BCUT2D eigenvalue weighted by Crippen LogP contribution is -2.34. The van der Waals surface area contributed by atoms with Crippen LogP contribution < -0.4 is 0 Å². The summed E-state index contributed by atoms with van der Waals surface area (Å²) in [4.78, 5) is 21.3. The molecule has 0 aliphatic carbocycles. The molecule has 2 N–H and O–H groups in total. The van der Waals surface area contributed by atoms with Crippen molar-refractivity contribution >= 4 is 11.9 Å². The number of carboxylic acids is 1. The first-order valence-electron chi connectivity index (χ1n) is 3.74. The van der Waals surface area contributed by atoms with Crippen LogP contribution in [-0.4, -0.2) is 34.9 Å². The fourth-order valence-corrected chi connectivity index (χ4v) is 0.746. The van der Waals surface area contributed by atoms with Crippen LogP contribution in [0, 0.1) is 5.92 Å². The summed E-state index contributed by atoms with van der Waals surface area (Å²) in [5, 5.41) is 17.4. The van der Waals surface area contributed by atoms with E-state index in [2.05, 4.69) is 11.3 Å². The quantitative estimate of drug-likeness (QED) is 0.461. The predicted molar refractivity (Wildman–Crippen MR) is 44.0 cm³/mol. The molecule has 0 rings (SSSR count). The molecule has 2 atom stereocenters. The summed E-state index contributed by atoms with van der Waals surface area (Å²) < 4.78 is 4.53. The zero-order valence-electron chi connectivity index (χ0n) is 7.27. The molecular formula is C8H12O5. The van der Waals surface area contributed by atoms with Gasteiger partial charge in [0.05, 0.1) is 6.61 Å². The fourth-order valence-electron chi connectivity index (χ4n) is 0.746. The third-order valence-corrected chi connectivity index (χ3v) is 1.41. The Morgan fingerprint density at radius 3 is 2.46 bits per heavy atom. The van der Waals surface area contributed by atoms with Gasteiger partial charge in [-0.25, -0.2) is 4.79 Å². The molecule has 0 aliphatic heterocycles. The monoisotopic (exact) mass is 188 g/mol. The molecule has 0 spiro atoms. The second-order valence-corrected chi connectivity index (χ2v) is 2.30. The molecule has 0 saturated heterocycles. The first-order chi connectivity index (χ1) is 6.04. The molecule has 0 aromatic rings. The van der Waals surface area contributed by atoms with Crippen LogP contribution in [0.25, 0.3) is 0 Å². The first kappa shape index (κ1) is 11.6. The normalized spacial score (nSPS) is 14.3. The van der Waals surface area contributed by atoms with Gasteiger partial charge in [-0.3, -0.25) is 4.79 Å². The number of carbonyl (C=O) groups is 2. The van der Waals surface area contributed by atoms with E-state index in [1.165, 1.54) is 0 Å². The second kappa shape index (κ2) is 5.31. The van der Waals surface area contributed by atoms with Gasteiger partial charge in [0.25, 0.3) is 0 Å². The number of aliphatic carboxylic acids is 1. The van der Waals surface area contributed by atoms with E-state index in [0.717, 1.165) is 6.08 Å². The lowest BCUT2D eigenvalue weighted by Gasteiger charge is -2.13. The maximum atomic E-state index is 11.0. The predicted octanol–water partition coefficient (Wildman–Crippen LogP) is -0.203. The highest BCUT2D eigenvalue weighted by Gasteiger charge is 2.30. The molecular weight excluding hydrogens is 176 g/mol. The van der Waals surface area contributed by atoms with Gasteiger partial charge in [0, 0.05) is 0 Å². The first-order valence-corrected chi connectivity index (χ1v) is 3.74. The van der Waals surface area contributed by atoms with Gasteiger partial charge < -0.3 is 14.9 Å². The lowest BCUT2D eigenvalue weighted by molar-refractivity contribution is -0.160. The molecule has 0 heterocycles. The van der Waals surface area contributed by atoms with Gasteiger partial charge in [-0.05, 0) is 6.92 Å². The second-order valence-electron chi connectivity index (χ2n) is 2.30. The number of esters is 1. The average molecular weight is 188 g/mol. The molecule has 13 heavy (non-hydrogen) atoms. The summed E-state index contributed by atoms with van der Waals surface area (Å²) in [6.45, 7) is 4.97. The van der Waals surface area contributed by atoms with Crippen molar-refractivity contribution in [3.63, 3.8) is 0 Å². The Bertz CT molecular complexity index is 211. The van der Waals surface area contributed by atoms with Gasteiger partial charge in [-0.2, -0.15) is 0 Å². The molecule has 0 bridgehead atoms. The highest BCUT2D eigenvalue weighted by molar-refractivity contribution is 5.83. The molecule has 5 heteroatoms. The van der Waals surface area contributed by atoms with Crippen LogP contribution in [-0.2, 0) is 14.3 Å². The van der Waals surface area contributed by atoms with Crippen molar-refractivity contribution < 1.29 is 24.5 Å². The zero-order chi connectivity index (χ0) is 10.4. The molecule has 74 valence electrons. The van der Waals surface area contributed by atoms with Crippen molar-refractivity contribution in [2.24, 2.45) is 5.92 Å². The minimum atomic E-state index is -1.79. The summed E-state index contributed by atoms with van der Waals surface area (Å²) in [7, 11) is 0. The van der Waals surface area contributed by atoms with E-state index in [0.29, 0.717) is 0 Å². The van der Waals surface area contributed by atoms with E-state index in [4.69, 9.17) is 10.2 Å². The zero-order valence-corrected chi connectivity index (χ0v) is 7.27. The van der Waals surface area contributed by atoms with Crippen molar-refractivity contribution in [3.05, 3.63) is 12.7 Å². The number of aliphatic hydroxyl groups excluding tert-OH is 1. The van der Waals surface area contributed by atoms with Crippen LogP contribution in [0.3, 0.4) is 0 Å². The van der Waals surface area contributed by atoms with Gasteiger partial charge >= 0.3 is 11.9 Å². The van der Waals surface area contributed by atoms with E-state index >= 15 is 0 Å².